The molecule has 9 nitrogen and oxygen atoms in total. The van der Waals surface area contributed by atoms with Gasteiger partial charge in [-0.05, 0) is 50.1 Å². The number of hydrogen-bond donors (Lipinski definition) is 1. The largest absolute Gasteiger partial charge is 0.486 e. The molecule has 5 rings (SSSR count). The molecule has 1 N–H and O–H groups in total. The molecule has 0 fully saturated rings. The van der Waals surface area contributed by atoms with Crippen LogP contribution in [0.5, 0.6) is 11.5 Å². The summed E-state index contributed by atoms with van der Waals surface area (Å²) < 4.78 is 13.1. The Bertz CT molecular complexity index is 1450. The summed E-state index contributed by atoms with van der Waals surface area (Å²) in [6.45, 7) is 6.69. The highest BCUT2D eigenvalue weighted by Gasteiger charge is 2.36. The van der Waals surface area contributed by atoms with Crippen LogP contribution in [0.2, 0.25) is 0 Å². The van der Waals surface area contributed by atoms with E-state index in [9.17, 15) is 9.59 Å². The molecule has 2 amide bonds. The molecule has 4 aromatic rings. The minimum Gasteiger partial charge on any atom is -0.486 e. The minimum atomic E-state index is -0.938. The van der Waals surface area contributed by atoms with E-state index < -0.39 is 11.6 Å². The molecule has 0 saturated heterocycles. The second-order valence-corrected chi connectivity index (χ2v) is 9.87. The summed E-state index contributed by atoms with van der Waals surface area (Å²) in [4.78, 5) is 29.6. The number of fused-ring (bicyclic) bond motifs is 2. The number of hydrogen-bond acceptors (Lipinski definition) is 6. The van der Waals surface area contributed by atoms with Gasteiger partial charge in [0.1, 0.15) is 31.3 Å². The van der Waals surface area contributed by atoms with Crippen molar-refractivity contribution in [3.05, 3.63) is 78.4 Å². The van der Waals surface area contributed by atoms with E-state index in [0.29, 0.717) is 41.5 Å². The molecule has 1 aliphatic heterocycles. The van der Waals surface area contributed by atoms with Gasteiger partial charge in [-0.1, -0.05) is 54.6 Å². The molecule has 0 bridgehead atoms. The van der Waals surface area contributed by atoms with Gasteiger partial charge in [0.25, 0.3) is 0 Å². The number of aromatic nitrogens is 3. The molecule has 0 aliphatic carbocycles. The van der Waals surface area contributed by atoms with Crippen LogP contribution < -0.4 is 19.7 Å². The molecular formula is C29H31N5O4. The van der Waals surface area contributed by atoms with Crippen molar-refractivity contribution in [2.24, 2.45) is 0 Å². The Hall–Kier alpha value is -4.40. The fraction of sp³-hybridized carbons (Fsp3) is 0.310. The van der Waals surface area contributed by atoms with Crippen LogP contribution in [0.4, 0.5) is 5.69 Å². The highest BCUT2D eigenvalue weighted by atomic mass is 16.6. The van der Waals surface area contributed by atoms with Gasteiger partial charge in [0.2, 0.25) is 11.8 Å². The molecule has 3 aromatic carbocycles. The quantitative estimate of drug-likeness (QED) is 0.378. The second-order valence-electron chi connectivity index (χ2n) is 9.87. The third-order valence-corrected chi connectivity index (χ3v) is 6.75. The number of carbonyl (C=O) groups excluding carboxylic acids is 2. The van der Waals surface area contributed by atoms with Gasteiger partial charge in [0, 0.05) is 17.3 Å². The molecule has 1 aliphatic rings. The normalized spacial score (nSPS) is 13.7. The van der Waals surface area contributed by atoms with Crippen LogP contribution in [0.3, 0.4) is 0 Å². The number of anilines is 1. The lowest BCUT2D eigenvalue weighted by atomic mass is 9.98. The zero-order valence-corrected chi connectivity index (χ0v) is 21.8. The topological polar surface area (TPSA) is 98.6 Å². The van der Waals surface area contributed by atoms with Crippen LogP contribution in [0, 0.1) is 0 Å². The number of amides is 2. The summed E-state index contributed by atoms with van der Waals surface area (Å²) in [6, 6.07) is 21.1. The first kappa shape index (κ1) is 25.3. The fourth-order valence-electron chi connectivity index (χ4n) is 4.40. The fourth-order valence-corrected chi connectivity index (χ4v) is 4.40. The average molecular weight is 514 g/mol. The van der Waals surface area contributed by atoms with Crippen LogP contribution in [-0.4, -0.2) is 45.6 Å². The summed E-state index contributed by atoms with van der Waals surface area (Å²) >= 11 is 0. The smallest absolute Gasteiger partial charge is 0.249 e. The van der Waals surface area contributed by atoms with Gasteiger partial charge in [-0.2, -0.15) is 0 Å². The zero-order valence-electron chi connectivity index (χ0n) is 21.8. The lowest BCUT2D eigenvalue weighted by Crippen LogP contribution is -2.51. The molecule has 0 spiro atoms. The molecule has 38 heavy (non-hydrogen) atoms. The Balaban J connectivity index is 1.61. The Morgan fingerprint density at radius 1 is 1.00 bits per heavy atom. The van der Waals surface area contributed by atoms with Crippen molar-refractivity contribution in [2.45, 2.75) is 45.3 Å². The Kier molecular flexibility index (Phi) is 7.00. The van der Waals surface area contributed by atoms with Crippen molar-refractivity contribution in [2.75, 3.05) is 18.1 Å². The first-order valence-electron chi connectivity index (χ1n) is 12.7. The predicted octanol–water partition coefficient (Wildman–Crippen LogP) is 4.28. The maximum atomic E-state index is 14.2. The monoisotopic (exact) mass is 513 g/mol. The highest BCUT2D eigenvalue weighted by molar-refractivity contribution is 6.02. The molecular weight excluding hydrogens is 482 g/mol. The van der Waals surface area contributed by atoms with Crippen LogP contribution >= 0.6 is 0 Å². The number of rotatable bonds is 8. The van der Waals surface area contributed by atoms with Crippen LogP contribution in [0.15, 0.2) is 72.8 Å². The van der Waals surface area contributed by atoms with E-state index in [1.165, 1.54) is 4.90 Å². The lowest BCUT2D eigenvalue weighted by molar-refractivity contribution is -0.128. The van der Waals surface area contributed by atoms with E-state index in [0.717, 1.165) is 11.9 Å². The van der Waals surface area contributed by atoms with Crippen LogP contribution in [0.1, 0.15) is 38.8 Å². The number of ether oxygens (including phenoxy) is 2. The van der Waals surface area contributed by atoms with Gasteiger partial charge in [-0.15, -0.1) is 5.10 Å². The maximum Gasteiger partial charge on any atom is 0.249 e. The van der Waals surface area contributed by atoms with Gasteiger partial charge in [-0.25, -0.2) is 4.68 Å². The number of carbonyl (C=O) groups is 2. The molecule has 0 saturated carbocycles. The summed E-state index contributed by atoms with van der Waals surface area (Å²) in [5, 5.41) is 11.5. The van der Waals surface area contributed by atoms with Gasteiger partial charge in [0.05, 0.1) is 5.52 Å². The standard InChI is InChI=1S/C29H31N5O4/c1-4-29(2,3)30-28(36)27(20-10-6-5-7-11-20)34(21-14-15-24-25(18-21)38-17-16-37-24)26(35)19-33-23-13-9-8-12-22(23)31-32-33/h5-15,18,27H,4,16-17,19H2,1-3H3,(H,30,36)/t27-/m1/s1. The maximum absolute atomic E-state index is 14.2. The van der Waals surface area contributed by atoms with E-state index in [2.05, 4.69) is 15.6 Å². The number of para-hydroxylation sites is 1. The number of nitrogens with one attached hydrogen (secondary N) is 1. The third-order valence-electron chi connectivity index (χ3n) is 6.75. The first-order chi connectivity index (χ1) is 18.4. The summed E-state index contributed by atoms with van der Waals surface area (Å²) in [7, 11) is 0. The molecule has 1 aromatic heterocycles. The molecule has 1 atom stereocenters. The molecule has 196 valence electrons. The van der Waals surface area contributed by atoms with Crippen LogP contribution in [0.25, 0.3) is 11.0 Å². The van der Waals surface area contributed by atoms with Crippen molar-refractivity contribution >= 4 is 28.5 Å². The molecule has 2 heterocycles. The third kappa shape index (κ3) is 5.18. The van der Waals surface area contributed by atoms with Crippen molar-refractivity contribution in [1.29, 1.82) is 0 Å². The predicted molar refractivity (Wildman–Crippen MR) is 144 cm³/mol. The molecule has 0 unspecified atom stereocenters. The number of nitrogens with zero attached hydrogens (tertiary/aromatic N) is 4. The first-order valence-corrected chi connectivity index (χ1v) is 12.7. The lowest BCUT2D eigenvalue weighted by Gasteiger charge is -2.35. The van der Waals surface area contributed by atoms with Gasteiger partial charge < -0.3 is 14.8 Å². The van der Waals surface area contributed by atoms with Gasteiger partial charge in [0.15, 0.2) is 11.5 Å². The van der Waals surface area contributed by atoms with E-state index in [-0.39, 0.29) is 18.4 Å². The summed E-state index contributed by atoms with van der Waals surface area (Å²) in [5.74, 6) is 0.520. The minimum absolute atomic E-state index is 0.108. The zero-order chi connectivity index (χ0) is 26.7. The van der Waals surface area contributed by atoms with Crippen LogP contribution in [-0.2, 0) is 16.1 Å². The summed E-state index contributed by atoms with van der Waals surface area (Å²) in [5.41, 5.74) is 2.16. The average Bonchev–Trinajstić information content (AvgIpc) is 3.34. The molecule has 9 heteroatoms. The van der Waals surface area contributed by atoms with Gasteiger partial charge in [-0.3, -0.25) is 14.5 Å². The van der Waals surface area contributed by atoms with Crippen molar-refractivity contribution < 1.29 is 19.1 Å². The number of benzene rings is 3. The highest BCUT2D eigenvalue weighted by Crippen LogP contribution is 2.37. The van der Waals surface area contributed by atoms with E-state index in [4.69, 9.17) is 9.47 Å². The molecule has 0 radical (unpaired) electrons. The Labute approximate surface area is 221 Å². The van der Waals surface area contributed by atoms with E-state index in [1.54, 1.807) is 22.9 Å². The Morgan fingerprint density at radius 3 is 2.47 bits per heavy atom. The van der Waals surface area contributed by atoms with E-state index >= 15 is 0 Å². The van der Waals surface area contributed by atoms with Crippen molar-refractivity contribution in [1.82, 2.24) is 20.3 Å². The summed E-state index contributed by atoms with van der Waals surface area (Å²) in [6.07, 6.45) is 0.725. The van der Waals surface area contributed by atoms with E-state index in [1.807, 2.05) is 75.4 Å². The van der Waals surface area contributed by atoms with Crippen molar-refractivity contribution in [3.8, 4) is 11.5 Å². The van der Waals surface area contributed by atoms with Crippen molar-refractivity contribution in [3.63, 3.8) is 0 Å². The Morgan fingerprint density at radius 2 is 1.71 bits per heavy atom. The van der Waals surface area contributed by atoms with Gasteiger partial charge >= 0.3 is 0 Å². The SMILES string of the molecule is CCC(C)(C)NC(=O)[C@@H](c1ccccc1)N(C(=O)Cn1nnc2ccccc21)c1ccc2c(c1)OCCO2. The second kappa shape index (κ2) is 10.5.